The number of rotatable bonds is 3. The van der Waals surface area contributed by atoms with Crippen molar-refractivity contribution in [1.29, 1.82) is 0 Å². The third-order valence-corrected chi connectivity index (χ3v) is 5.17. The summed E-state index contributed by atoms with van der Waals surface area (Å²) in [5.41, 5.74) is 0. The fourth-order valence-electron chi connectivity index (χ4n) is 2.08. The summed E-state index contributed by atoms with van der Waals surface area (Å²) in [6.07, 6.45) is 0. The van der Waals surface area contributed by atoms with Gasteiger partial charge in [-0.15, -0.1) is 0 Å². The number of hydrogen-bond acceptors (Lipinski definition) is 3. The zero-order valence-electron chi connectivity index (χ0n) is 13.4. The second kappa shape index (κ2) is 13.3. The van der Waals surface area contributed by atoms with Gasteiger partial charge in [0.25, 0.3) is 0 Å². The van der Waals surface area contributed by atoms with Crippen molar-refractivity contribution >= 4 is 18.6 Å². The first kappa shape index (κ1) is 23.0. The fraction of sp³-hybridized carbons (Fsp3) is 0. The summed E-state index contributed by atoms with van der Waals surface area (Å²) in [4.78, 5) is 4.08. The van der Waals surface area contributed by atoms with Crippen LogP contribution in [0.15, 0.2) is 106 Å². The van der Waals surface area contributed by atoms with Gasteiger partial charge in [-0.3, -0.25) is 0 Å². The van der Waals surface area contributed by atoms with Crippen molar-refractivity contribution in [2.24, 2.45) is 0 Å². The molecule has 0 heterocycles. The van der Waals surface area contributed by atoms with Gasteiger partial charge in [0.05, 0.1) is 10.9 Å². The van der Waals surface area contributed by atoms with Gasteiger partial charge in [0.2, 0.25) is 0 Å². The summed E-state index contributed by atoms with van der Waals surface area (Å²) in [7, 11) is -0.265. The van der Waals surface area contributed by atoms with Crippen LogP contribution in [-0.4, -0.2) is 18.2 Å². The van der Waals surface area contributed by atoms with Crippen LogP contribution in [0.2, 0.25) is 0 Å². The van der Waals surface area contributed by atoms with Crippen LogP contribution in [0.4, 0.5) is 0 Å². The second-order valence-electron chi connectivity index (χ2n) is 4.35. The fourth-order valence-corrected chi connectivity index (χ4v) is 4.18. The molecule has 0 spiro atoms. The Morgan fingerprint density at radius 2 is 0.833 bits per heavy atom. The molecule has 117 valence electrons. The van der Waals surface area contributed by atoms with Crippen molar-refractivity contribution in [3.05, 3.63) is 91.0 Å². The number of benzene rings is 3. The van der Waals surface area contributed by atoms with Gasteiger partial charge in [-0.2, -0.15) is 0 Å². The van der Waals surface area contributed by atoms with Crippen molar-refractivity contribution in [3.63, 3.8) is 0 Å². The van der Waals surface area contributed by atoms with Gasteiger partial charge in [0, 0.05) is 0 Å². The molecule has 0 unspecified atom stereocenters. The quantitative estimate of drug-likeness (QED) is 0.512. The largest absolute Gasteiger partial charge is 1.00 e. The van der Waals surface area contributed by atoms with Crippen molar-refractivity contribution in [3.8, 4) is 0 Å². The molecular weight excluding hydrogens is 330 g/mol. The Hall–Kier alpha value is -1.05. The van der Waals surface area contributed by atoms with E-state index in [0.717, 1.165) is 0 Å². The van der Waals surface area contributed by atoms with Crippen molar-refractivity contribution in [2.75, 3.05) is 0 Å². The molecular formula is C18H17BNaO3S. The third-order valence-electron chi connectivity index (χ3n) is 2.94. The molecule has 1 radical (unpaired) electrons. The first-order chi connectivity index (χ1) is 10.9. The topological polar surface area (TPSA) is 73.3 Å². The zero-order chi connectivity index (χ0) is 15.6. The van der Waals surface area contributed by atoms with Crippen molar-refractivity contribution in [2.45, 2.75) is 14.7 Å². The van der Waals surface area contributed by atoms with Crippen LogP contribution in [0.3, 0.4) is 0 Å². The predicted molar refractivity (Wildman–Crippen MR) is 91.4 cm³/mol. The van der Waals surface area contributed by atoms with Gasteiger partial charge in [0.1, 0.15) is 0 Å². The standard InChI is InChI=1S/C18H15S.BHO2.Na.H2O/c1-4-10-16(11-5-1)19(17-12-6-2-7-13-17)18-14-8-3-9-15-18;2-1-3;;/h1-15H;2H;;1H2/q+1;-1;+1;/p-1. The Kier molecular flexibility index (Phi) is 12.7. The summed E-state index contributed by atoms with van der Waals surface area (Å²) in [6.45, 7) is 0. The Morgan fingerprint density at radius 3 is 1.04 bits per heavy atom. The van der Waals surface area contributed by atoms with E-state index >= 15 is 0 Å². The van der Waals surface area contributed by atoms with Crippen LogP contribution in [-0.2, 0) is 10.9 Å². The van der Waals surface area contributed by atoms with E-state index in [4.69, 9.17) is 10.0 Å². The van der Waals surface area contributed by atoms with Crippen LogP contribution >= 0.6 is 0 Å². The molecule has 0 saturated heterocycles. The van der Waals surface area contributed by atoms with E-state index in [9.17, 15) is 0 Å². The molecule has 3 nitrogen and oxygen atoms in total. The van der Waals surface area contributed by atoms with Gasteiger partial charge in [-0.1, -0.05) is 54.6 Å². The van der Waals surface area contributed by atoms with Crippen LogP contribution in [0, 0.1) is 0 Å². The minimum Gasteiger partial charge on any atom is -0.870 e. The van der Waals surface area contributed by atoms with E-state index < -0.39 is 0 Å². The summed E-state index contributed by atoms with van der Waals surface area (Å²) in [6, 6.07) is 32.2. The van der Waals surface area contributed by atoms with Crippen LogP contribution in [0.25, 0.3) is 0 Å². The second-order valence-corrected chi connectivity index (χ2v) is 6.38. The maximum atomic E-state index is 8.36. The van der Waals surface area contributed by atoms with Crippen LogP contribution in [0.1, 0.15) is 0 Å². The Balaban J connectivity index is 0.000000988. The van der Waals surface area contributed by atoms with Gasteiger partial charge in [-0.25, -0.2) is 0 Å². The minimum atomic E-state index is -0.250. The minimum absolute atomic E-state index is 0. The van der Waals surface area contributed by atoms with Gasteiger partial charge in [-0.05, 0) is 36.4 Å². The molecule has 0 aromatic heterocycles. The predicted octanol–water partition coefficient (Wildman–Crippen LogP) is -0.518. The molecule has 3 rings (SSSR count). The van der Waals surface area contributed by atoms with E-state index in [1.807, 2.05) is 0 Å². The zero-order valence-corrected chi connectivity index (χ0v) is 16.3. The summed E-state index contributed by atoms with van der Waals surface area (Å²) < 4.78 is 0. The molecule has 0 atom stereocenters. The molecule has 3 aromatic rings. The first-order valence-electron chi connectivity index (χ1n) is 6.84. The Bertz CT molecular complexity index is 563. The van der Waals surface area contributed by atoms with E-state index in [0.29, 0.717) is 0 Å². The molecule has 6 heteroatoms. The SMILES string of the molecule is [Na+].[O-][B]O.[OH-].c1ccc([S+](c2ccccc2)c2ccccc2)cc1. The van der Waals surface area contributed by atoms with Crippen LogP contribution in [0.5, 0.6) is 0 Å². The van der Waals surface area contributed by atoms with Gasteiger partial charge < -0.3 is 15.5 Å². The van der Waals surface area contributed by atoms with Crippen molar-refractivity contribution in [1.82, 2.24) is 0 Å². The smallest absolute Gasteiger partial charge is 0.870 e. The molecule has 0 aliphatic carbocycles. The third kappa shape index (κ3) is 6.83. The van der Waals surface area contributed by atoms with E-state index in [1.165, 1.54) is 14.7 Å². The van der Waals surface area contributed by atoms with E-state index in [1.54, 1.807) is 0 Å². The first-order valence-corrected chi connectivity index (χ1v) is 8.06. The normalized spacial score (nSPS) is 8.96. The molecule has 0 bridgehead atoms. The molecule has 3 aromatic carbocycles. The molecule has 0 saturated carbocycles. The average Bonchev–Trinajstić information content (AvgIpc) is 2.59. The monoisotopic (exact) mass is 347 g/mol. The summed E-state index contributed by atoms with van der Waals surface area (Å²) in [5, 5.41) is 15.2. The summed E-state index contributed by atoms with van der Waals surface area (Å²) >= 11 is 0. The van der Waals surface area contributed by atoms with Gasteiger partial charge >= 0.3 is 29.6 Å². The summed E-state index contributed by atoms with van der Waals surface area (Å²) in [5.74, 6) is 0. The molecule has 24 heavy (non-hydrogen) atoms. The van der Waals surface area contributed by atoms with Crippen LogP contribution < -0.4 is 34.6 Å². The number of hydrogen-bond donors (Lipinski definition) is 1. The molecule has 2 N–H and O–H groups in total. The van der Waals surface area contributed by atoms with E-state index in [-0.39, 0.29) is 53.6 Å². The maximum Gasteiger partial charge on any atom is 1.00 e. The van der Waals surface area contributed by atoms with E-state index in [2.05, 4.69) is 91.0 Å². The Morgan fingerprint density at radius 1 is 0.625 bits per heavy atom. The molecule has 0 aliphatic heterocycles. The Labute approximate surface area is 168 Å². The molecule has 0 aliphatic rings. The molecule has 0 fully saturated rings. The molecule has 0 amide bonds. The van der Waals surface area contributed by atoms with Gasteiger partial charge in [0.15, 0.2) is 22.4 Å². The van der Waals surface area contributed by atoms with Crippen molar-refractivity contribution < 1.29 is 45.1 Å². The maximum absolute atomic E-state index is 8.36. The average molecular weight is 347 g/mol.